The fourth-order valence-corrected chi connectivity index (χ4v) is 1.85. The molecule has 0 aliphatic rings. The topological polar surface area (TPSA) is 42.0 Å². The van der Waals surface area contributed by atoms with Gasteiger partial charge in [-0.05, 0) is 30.3 Å². The molecular weight excluding hydrogens is 295 g/mol. The molecule has 0 unspecified atom stereocenters. The molecule has 0 saturated carbocycles. The molecule has 18 heavy (non-hydrogen) atoms. The number of hydrogen-bond acceptors (Lipinski definition) is 2. The lowest BCUT2D eigenvalue weighted by molar-refractivity contribution is 0.102. The summed E-state index contributed by atoms with van der Waals surface area (Å²) in [5, 5.41) is 3.63. The number of nitrogens with one attached hydrogen (secondary N) is 1. The second kappa shape index (κ2) is 6.59. The van der Waals surface area contributed by atoms with Crippen molar-refractivity contribution in [3.05, 3.63) is 58.3 Å². The molecule has 0 saturated heterocycles. The maximum Gasteiger partial charge on any atom is 0.257 e. The van der Waals surface area contributed by atoms with Crippen LogP contribution in [0, 0.1) is 0 Å². The van der Waals surface area contributed by atoms with E-state index in [1.165, 1.54) is 6.20 Å². The number of carbonyl (C=O) groups excluding carboxylic acids is 1. The average Bonchev–Trinajstić information content (AvgIpc) is 2.28. The third-order valence-corrected chi connectivity index (χ3v) is 2.48. The number of pyridine rings is 1. The molecule has 1 aromatic heterocycles. The van der Waals surface area contributed by atoms with E-state index in [1.54, 1.807) is 36.5 Å². The van der Waals surface area contributed by atoms with Gasteiger partial charge in [0.2, 0.25) is 0 Å². The van der Waals surface area contributed by atoms with Gasteiger partial charge in [-0.3, -0.25) is 9.78 Å². The highest BCUT2D eigenvalue weighted by Crippen LogP contribution is 2.22. The highest BCUT2D eigenvalue weighted by atomic mass is 35.5. The molecule has 2 aromatic rings. The third-order valence-electron chi connectivity index (χ3n) is 2.04. The van der Waals surface area contributed by atoms with Crippen LogP contribution in [0.1, 0.15) is 10.4 Å². The molecule has 0 fully saturated rings. The lowest BCUT2D eigenvalue weighted by Crippen LogP contribution is -2.11. The SMILES string of the molecule is Cl.O=C(Nc1cc(Cl)cc(Cl)c1)c1cccnc1. The van der Waals surface area contributed by atoms with Gasteiger partial charge in [-0.25, -0.2) is 0 Å². The lowest BCUT2D eigenvalue weighted by Gasteiger charge is -2.05. The van der Waals surface area contributed by atoms with E-state index < -0.39 is 0 Å². The first-order valence-electron chi connectivity index (χ1n) is 4.82. The Morgan fingerprint density at radius 3 is 2.39 bits per heavy atom. The van der Waals surface area contributed by atoms with Crippen LogP contribution in [0.5, 0.6) is 0 Å². The maximum atomic E-state index is 11.8. The number of carbonyl (C=O) groups is 1. The highest BCUT2D eigenvalue weighted by molar-refractivity contribution is 6.35. The largest absolute Gasteiger partial charge is 0.322 e. The summed E-state index contributed by atoms with van der Waals surface area (Å²) >= 11 is 11.7. The number of halogens is 3. The lowest BCUT2D eigenvalue weighted by atomic mass is 10.2. The number of nitrogens with zero attached hydrogens (tertiary/aromatic N) is 1. The van der Waals surface area contributed by atoms with E-state index >= 15 is 0 Å². The summed E-state index contributed by atoms with van der Waals surface area (Å²) in [5.41, 5.74) is 1.03. The second-order valence-corrected chi connectivity index (χ2v) is 4.23. The smallest absolute Gasteiger partial charge is 0.257 e. The van der Waals surface area contributed by atoms with E-state index in [-0.39, 0.29) is 18.3 Å². The van der Waals surface area contributed by atoms with Gasteiger partial charge in [0.1, 0.15) is 0 Å². The number of benzene rings is 1. The standard InChI is InChI=1S/C12H8Cl2N2O.ClH/c13-9-4-10(14)6-11(5-9)16-12(17)8-2-1-3-15-7-8;/h1-7H,(H,16,17);1H. The Kier molecular flexibility index (Phi) is 5.41. The van der Waals surface area contributed by atoms with Gasteiger partial charge in [0.05, 0.1) is 5.56 Å². The molecule has 1 amide bonds. The van der Waals surface area contributed by atoms with E-state index in [0.717, 1.165) is 0 Å². The van der Waals surface area contributed by atoms with Crippen molar-refractivity contribution in [2.75, 3.05) is 5.32 Å². The zero-order chi connectivity index (χ0) is 12.3. The van der Waals surface area contributed by atoms with Crippen LogP contribution in [0.4, 0.5) is 5.69 Å². The summed E-state index contributed by atoms with van der Waals surface area (Å²) in [4.78, 5) is 15.7. The zero-order valence-corrected chi connectivity index (χ0v) is 11.4. The Morgan fingerprint density at radius 1 is 1.17 bits per heavy atom. The summed E-state index contributed by atoms with van der Waals surface area (Å²) in [7, 11) is 0. The van der Waals surface area contributed by atoms with Crippen molar-refractivity contribution in [1.29, 1.82) is 0 Å². The zero-order valence-electron chi connectivity index (χ0n) is 9.06. The summed E-state index contributed by atoms with van der Waals surface area (Å²) in [6, 6.07) is 8.22. The van der Waals surface area contributed by atoms with Crippen molar-refractivity contribution in [3.63, 3.8) is 0 Å². The molecule has 2 rings (SSSR count). The van der Waals surface area contributed by atoms with E-state index in [2.05, 4.69) is 10.3 Å². The monoisotopic (exact) mass is 302 g/mol. The predicted octanol–water partition coefficient (Wildman–Crippen LogP) is 4.06. The minimum Gasteiger partial charge on any atom is -0.322 e. The second-order valence-electron chi connectivity index (χ2n) is 3.35. The van der Waals surface area contributed by atoms with Crippen molar-refractivity contribution < 1.29 is 4.79 Å². The predicted molar refractivity (Wildman–Crippen MR) is 75.9 cm³/mol. The van der Waals surface area contributed by atoms with Crippen molar-refractivity contribution >= 4 is 47.2 Å². The molecular formula is C12H9Cl3N2O. The molecule has 1 heterocycles. The van der Waals surface area contributed by atoms with Gasteiger partial charge < -0.3 is 5.32 Å². The molecule has 3 nitrogen and oxygen atoms in total. The summed E-state index contributed by atoms with van der Waals surface area (Å²) in [6.45, 7) is 0. The third kappa shape index (κ3) is 3.88. The Morgan fingerprint density at radius 2 is 1.83 bits per heavy atom. The summed E-state index contributed by atoms with van der Waals surface area (Å²) < 4.78 is 0. The molecule has 0 radical (unpaired) electrons. The van der Waals surface area contributed by atoms with Crippen LogP contribution in [0.2, 0.25) is 10.0 Å². The van der Waals surface area contributed by atoms with E-state index in [1.807, 2.05) is 0 Å². The van der Waals surface area contributed by atoms with Gasteiger partial charge in [0.15, 0.2) is 0 Å². The average molecular weight is 304 g/mol. The Bertz CT molecular complexity index is 526. The van der Waals surface area contributed by atoms with Crippen LogP contribution in [-0.4, -0.2) is 10.9 Å². The van der Waals surface area contributed by atoms with E-state index in [9.17, 15) is 4.79 Å². The van der Waals surface area contributed by atoms with Crippen molar-refractivity contribution in [2.24, 2.45) is 0 Å². The molecule has 0 spiro atoms. The molecule has 0 atom stereocenters. The van der Waals surface area contributed by atoms with Crippen LogP contribution in [-0.2, 0) is 0 Å². The van der Waals surface area contributed by atoms with Crippen molar-refractivity contribution in [3.8, 4) is 0 Å². The van der Waals surface area contributed by atoms with E-state index in [0.29, 0.717) is 21.3 Å². The summed E-state index contributed by atoms with van der Waals surface area (Å²) in [6.07, 6.45) is 3.09. The number of amides is 1. The molecule has 0 aliphatic heterocycles. The van der Waals surface area contributed by atoms with Gasteiger partial charge in [-0.2, -0.15) is 0 Å². The van der Waals surface area contributed by atoms with Gasteiger partial charge in [0.25, 0.3) is 5.91 Å². The molecule has 1 N–H and O–H groups in total. The minimum atomic E-state index is -0.253. The normalized spacial score (nSPS) is 9.44. The minimum absolute atomic E-state index is 0. The van der Waals surface area contributed by atoms with Crippen LogP contribution < -0.4 is 5.32 Å². The van der Waals surface area contributed by atoms with Gasteiger partial charge >= 0.3 is 0 Å². The van der Waals surface area contributed by atoms with Crippen LogP contribution in [0.3, 0.4) is 0 Å². The molecule has 6 heteroatoms. The fraction of sp³-hybridized carbons (Fsp3) is 0. The Labute approximate surface area is 121 Å². The van der Waals surface area contributed by atoms with Gasteiger partial charge in [-0.1, -0.05) is 23.2 Å². The summed E-state index contributed by atoms with van der Waals surface area (Å²) in [5.74, 6) is -0.253. The maximum absolute atomic E-state index is 11.8. The molecule has 0 bridgehead atoms. The first-order valence-corrected chi connectivity index (χ1v) is 5.58. The molecule has 0 aliphatic carbocycles. The quantitative estimate of drug-likeness (QED) is 0.909. The Balaban J connectivity index is 0.00000162. The molecule has 94 valence electrons. The van der Waals surface area contributed by atoms with E-state index in [4.69, 9.17) is 23.2 Å². The van der Waals surface area contributed by atoms with Crippen LogP contribution in [0.15, 0.2) is 42.7 Å². The number of rotatable bonds is 2. The Hall–Kier alpha value is -1.29. The first kappa shape index (κ1) is 14.8. The fourth-order valence-electron chi connectivity index (χ4n) is 1.33. The highest BCUT2D eigenvalue weighted by Gasteiger charge is 2.06. The number of hydrogen-bond donors (Lipinski definition) is 1. The van der Waals surface area contributed by atoms with Gasteiger partial charge in [0, 0.05) is 28.1 Å². The van der Waals surface area contributed by atoms with Crippen LogP contribution >= 0.6 is 35.6 Å². The number of aromatic nitrogens is 1. The molecule has 1 aromatic carbocycles. The van der Waals surface area contributed by atoms with Gasteiger partial charge in [-0.15, -0.1) is 12.4 Å². The first-order chi connectivity index (χ1) is 8.15. The van der Waals surface area contributed by atoms with Crippen LogP contribution in [0.25, 0.3) is 0 Å². The number of anilines is 1. The van der Waals surface area contributed by atoms with Crippen molar-refractivity contribution in [2.45, 2.75) is 0 Å². The van der Waals surface area contributed by atoms with Crippen molar-refractivity contribution in [1.82, 2.24) is 4.98 Å².